The van der Waals surface area contributed by atoms with Crippen LogP contribution in [0.5, 0.6) is 0 Å². The van der Waals surface area contributed by atoms with Gasteiger partial charge in [0.2, 0.25) is 0 Å². The summed E-state index contributed by atoms with van der Waals surface area (Å²) in [6.07, 6.45) is 1.17. The third kappa shape index (κ3) is 6.49. The van der Waals surface area contributed by atoms with Gasteiger partial charge in [-0.15, -0.1) is 0 Å². The molecule has 4 heteroatoms. The number of hydrogen-bond acceptors (Lipinski definition) is 3. The molecule has 0 aliphatic heterocycles. The summed E-state index contributed by atoms with van der Waals surface area (Å²) in [4.78, 5) is 3.39. The minimum atomic E-state index is -1.12. The average Bonchev–Trinajstić information content (AvgIpc) is 2.05. The molecule has 3 nitrogen and oxygen atoms in total. The maximum absolute atomic E-state index is 5.30. The molecule has 0 aromatic rings. The number of methoxy groups -OCH3 is 1. The first kappa shape index (κ1) is 11.1. The molecule has 0 amide bonds. The van der Waals surface area contributed by atoms with Gasteiger partial charge in [0.1, 0.15) is 0 Å². The van der Waals surface area contributed by atoms with Gasteiger partial charge in [0.15, 0.2) is 0 Å². The van der Waals surface area contributed by atoms with Crippen molar-refractivity contribution in [3.8, 4) is 0 Å². The minimum Gasteiger partial charge on any atom is -0.409 e. The molecule has 1 unspecified atom stereocenters. The lowest BCUT2D eigenvalue weighted by molar-refractivity contribution is 0.210. The predicted octanol–water partition coefficient (Wildman–Crippen LogP) is 0.499. The third-order valence-corrected chi connectivity index (χ3v) is 3.56. The number of rotatable bonds is 7. The van der Waals surface area contributed by atoms with Gasteiger partial charge in [0.25, 0.3) is 9.20 Å². The highest BCUT2D eigenvalue weighted by Crippen LogP contribution is 1.89. The van der Waals surface area contributed by atoms with Gasteiger partial charge in [-0.1, -0.05) is 6.92 Å². The zero-order chi connectivity index (χ0) is 8.53. The molecule has 1 N–H and O–H groups in total. The van der Waals surface area contributed by atoms with Crippen molar-refractivity contribution in [2.24, 2.45) is 0 Å². The molecule has 0 saturated carbocycles. The molecule has 11 heavy (non-hydrogen) atoms. The summed E-state index contributed by atoms with van der Waals surface area (Å²) >= 11 is 0. The van der Waals surface area contributed by atoms with Crippen LogP contribution in [0.15, 0.2) is 0 Å². The van der Waals surface area contributed by atoms with E-state index in [2.05, 4.69) is 11.9 Å². The summed E-state index contributed by atoms with van der Waals surface area (Å²) in [5.74, 6) is 0. The Labute approximate surface area is 70.9 Å². The Bertz CT molecular complexity index is 74.8. The van der Waals surface area contributed by atoms with Gasteiger partial charge in [-0.2, -0.15) is 0 Å². The van der Waals surface area contributed by atoms with E-state index in [9.17, 15) is 0 Å². The second-order valence-electron chi connectivity index (χ2n) is 2.46. The second kappa shape index (κ2) is 8.20. The summed E-state index contributed by atoms with van der Waals surface area (Å²) in [6.45, 7) is 4.03. The Morgan fingerprint density at radius 3 is 2.55 bits per heavy atom. The molecule has 0 heterocycles. The number of ether oxygens (including phenoxy) is 1. The van der Waals surface area contributed by atoms with Crippen LogP contribution >= 0.6 is 0 Å². The standard InChI is InChI=1S/C7H19NO2Si/c1-4-5-8-11(10-3)7-6-9-2/h8,11H,4-7H2,1-3H3. The van der Waals surface area contributed by atoms with E-state index < -0.39 is 9.20 Å². The van der Waals surface area contributed by atoms with Gasteiger partial charge in [-0.25, -0.2) is 0 Å². The second-order valence-corrected chi connectivity index (χ2v) is 4.89. The fourth-order valence-electron chi connectivity index (χ4n) is 0.833. The van der Waals surface area contributed by atoms with Crippen LogP contribution in [0.4, 0.5) is 0 Å². The average molecular weight is 177 g/mol. The van der Waals surface area contributed by atoms with E-state index in [1.54, 1.807) is 14.2 Å². The Balaban J connectivity index is 3.25. The molecule has 0 rings (SSSR count). The summed E-state index contributed by atoms with van der Waals surface area (Å²) < 4.78 is 10.3. The Morgan fingerprint density at radius 1 is 1.36 bits per heavy atom. The first-order chi connectivity index (χ1) is 5.35. The fraction of sp³-hybridized carbons (Fsp3) is 1.00. The SMILES string of the molecule is CCCN[SiH](CCOC)OC. The van der Waals surface area contributed by atoms with E-state index in [0.717, 1.165) is 19.2 Å². The van der Waals surface area contributed by atoms with Gasteiger partial charge in [0, 0.05) is 26.9 Å². The van der Waals surface area contributed by atoms with Gasteiger partial charge < -0.3 is 14.1 Å². The Hall–Kier alpha value is 0.0969. The van der Waals surface area contributed by atoms with Crippen molar-refractivity contribution < 1.29 is 9.16 Å². The Morgan fingerprint density at radius 2 is 2.09 bits per heavy atom. The van der Waals surface area contributed by atoms with Crippen molar-refractivity contribution in [3.63, 3.8) is 0 Å². The highest BCUT2D eigenvalue weighted by atomic mass is 28.3. The molecule has 0 fully saturated rings. The molecule has 0 aliphatic carbocycles. The summed E-state index contributed by atoms with van der Waals surface area (Å²) in [6, 6.07) is 1.05. The molecule has 0 aliphatic rings. The van der Waals surface area contributed by atoms with E-state index in [4.69, 9.17) is 9.16 Å². The van der Waals surface area contributed by atoms with Crippen LogP contribution in [-0.4, -0.2) is 36.6 Å². The molecule has 0 aromatic carbocycles. The van der Waals surface area contributed by atoms with Gasteiger partial charge in [0.05, 0.1) is 0 Å². The lowest BCUT2D eigenvalue weighted by Gasteiger charge is -2.13. The molecular formula is C7H19NO2Si. The van der Waals surface area contributed by atoms with Crippen molar-refractivity contribution in [3.05, 3.63) is 0 Å². The van der Waals surface area contributed by atoms with Crippen LogP contribution in [0, 0.1) is 0 Å². The molecule has 0 saturated heterocycles. The zero-order valence-corrected chi connectivity index (χ0v) is 8.88. The lowest BCUT2D eigenvalue weighted by atomic mass is 10.5. The van der Waals surface area contributed by atoms with Crippen molar-refractivity contribution in [1.29, 1.82) is 0 Å². The van der Waals surface area contributed by atoms with E-state index in [1.807, 2.05) is 0 Å². The monoisotopic (exact) mass is 177 g/mol. The van der Waals surface area contributed by atoms with Crippen LogP contribution in [0.3, 0.4) is 0 Å². The van der Waals surface area contributed by atoms with E-state index in [0.29, 0.717) is 0 Å². The minimum absolute atomic E-state index is 0.807. The number of hydrogen-bond donors (Lipinski definition) is 1. The quantitative estimate of drug-likeness (QED) is 0.574. The van der Waals surface area contributed by atoms with E-state index in [-0.39, 0.29) is 0 Å². The first-order valence-corrected chi connectivity index (χ1v) is 5.96. The predicted molar refractivity (Wildman–Crippen MR) is 49.1 cm³/mol. The molecule has 1 atom stereocenters. The van der Waals surface area contributed by atoms with Crippen molar-refractivity contribution in [2.45, 2.75) is 19.4 Å². The molecular weight excluding hydrogens is 158 g/mol. The highest BCUT2D eigenvalue weighted by Gasteiger charge is 2.07. The summed E-state index contributed by atoms with van der Waals surface area (Å²) in [5, 5.41) is 0. The topological polar surface area (TPSA) is 30.5 Å². The summed E-state index contributed by atoms with van der Waals surface area (Å²) in [7, 11) is 2.37. The van der Waals surface area contributed by atoms with Crippen LogP contribution in [-0.2, 0) is 9.16 Å². The lowest BCUT2D eigenvalue weighted by Crippen LogP contribution is -2.37. The van der Waals surface area contributed by atoms with Gasteiger partial charge >= 0.3 is 0 Å². The molecule has 0 spiro atoms. The van der Waals surface area contributed by atoms with Crippen molar-refractivity contribution >= 4 is 9.20 Å². The van der Waals surface area contributed by atoms with Crippen LogP contribution in [0.25, 0.3) is 0 Å². The first-order valence-electron chi connectivity index (χ1n) is 4.10. The van der Waals surface area contributed by atoms with Crippen molar-refractivity contribution in [1.82, 2.24) is 4.98 Å². The molecule has 68 valence electrons. The normalized spacial score (nSPS) is 13.4. The highest BCUT2D eigenvalue weighted by molar-refractivity contribution is 6.48. The van der Waals surface area contributed by atoms with Crippen molar-refractivity contribution in [2.75, 3.05) is 27.4 Å². The Kier molecular flexibility index (Phi) is 8.27. The van der Waals surface area contributed by atoms with Crippen LogP contribution in [0.1, 0.15) is 13.3 Å². The fourth-order valence-corrected chi connectivity index (χ4v) is 2.50. The number of nitrogens with one attached hydrogen (secondary N) is 1. The van der Waals surface area contributed by atoms with Gasteiger partial charge in [-0.05, 0) is 13.0 Å². The van der Waals surface area contributed by atoms with Crippen LogP contribution < -0.4 is 4.98 Å². The largest absolute Gasteiger partial charge is 0.409 e. The van der Waals surface area contributed by atoms with Crippen LogP contribution in [0.2, 0.25) is 6.04 Å². The maximum Gasteiger partial charge on any atom is 0.254 e. The zero-order valence-electron chi connectivity index (χ0n) is 7.72. The van der Waals surface area contributed by atoms with E-state index in [1.165, 1.54) is 6.42 Å². The maximum atomic E-state index is 5.30. The molecule has 0 radical (unpaired) electrons. The smallest absolute Gasteiger partial charge is 0.254 e. The third-order valence-electron chi connectivity index (χ3n) is 1.49. The molecule has 0 bridgehead atoms. The molecule has 0 aromatic heterocycles. The van der Waals surface area contributed by atoms with E-state index >= 15 is 0 Å². The van der Waals surface area contributed by atoms with Gasteiger partial charge in [-0.3, -0.25) is 0 Å². The summed E-state index contributed by atoms with van der Waals surface area (Å²) in [5.41, 5.74) is 0.